The standard InChI is InChI=1S/C7H10Br2O2/c8-5-1-3-10-7(5)6(9)2-4-11-7/h5-6H,1-4H2/t5-,6+,7?. The van der Waals surface area contributed by atoms with Gasteiger partial charge in [0.15, 0.2) is 5.79 Å². The molecule has 0 aliphatic carbocycles. The fraction of sp³-hybridized carbons (Fsp3) is 1.00. The van der Waals surface area contributed by atoms with Crippen LogP contribution in [0, 0.1) is 0 Å². The summed E-state index contributed by atoms with van der Waals surface area (Å²) in [6.07, 6.45) is 2.09. The van der Waals surface area contributed by atoms with Gasteiger partial charge in [0.05, 0.1) is 22.9 Å². The largest absolute Gasteiger partial charge is 0.348 e. The first-order valence-corrected chi connectivity index (χ1v) is 5.65. The summed E-state index contributed by atoms with van der Waals surface area (Å²) in [6.45, 7) is 1.61. The third kappa shape index (κ3) is 1.19. The second-order valence-electron chi connectivity index (χ2n) is 2.93. The summed E-state index contributed by atoms with van der Waals surface area (Å²) in [7, 11) is 0. The fourth-order valence-corrected chi connectivity index (χ4v) is 3.54. The predicted molar refractivity (Wildman–Crippen MR) is 49.3 cm³/mol. The van der Waals surface area contributed by atoms with Crippen LogP contribution in [0.3, 0.4) is 0 Å². The maximum Gasteiger partial charge on any atom is 0.193 e. The molecule has 0 bridgehead atoms. The minimum atomic E-state index is -0.361. The van der Waals surface area contributed by atoms with Crippen molar-refractivity contribution in [3.05, 3.63) is 0 Å². The first-order chi connectivity index (χ1) is 5.26. The van der Waals surface area contributed by atoms with Gasteiger partial charge in [-0.2, -0.15) is 0 Å². The summed E-state index contributed by atoms with van der Waals surface area (Å²) in [5.41, 5.74) is 0. The molecular formula is C7H10Br2O2. The van der Waals surface area contributed by atoms with Gasteiger partial charge in [0.2, 0.25) is 0 Å². The van der Waals surface area contributed by atoms with E-state index in [1.54, 1.807) is 0 Å². The maximum atomic E-state index is 5.61. The molecule has 0 aromatic rings. The second kappa shape index (κ2) is 2.98. The Kier molecular flexibility index (Phi) is 2.30. The Balaban J connectivity index is 2.19. The topological polar surface area (TPSA) is 18.5 Å². The number of hydrogen-bond donors (Lipinski definition) is 0. The van der Waals surface area contributed by atoms with Crippen molar-refractivity contribution >= 4 is 31.9 Å². The molecule has 2 heterocycles. The zero-order valence-corrected chi connectivity index (χ0v) is 9.23. The van der Waals surface area contributed by atoms with Crippen LogP contribution in [0.4, 0.5) is 0 Å². The van der Waals surface area contributed by atoms with Crippen LogP contribution in [0.5, 0.6) is 0 Å². The molecule has 2 nitrogen and oxygen atoms in total. The Morgan fingerprint density at radius 1 is 1.00 bits per heavy atom. The van der Waals surface area contributed by atoms with Gasteiger partial charge in [0.1, 0.15) is 0 Å². The van der Waals surface area contributed by atoms with Gasteiger partial charge in [-0.15, -0.1) is 0 Å². The Bertz CT molecular complexity index is 145. The Morgan fingerprint density at radius 2 is 1.45 bits per heavy atom. The Hall–Kier alpha value is 0.880. The molecule has 2 saturated heterocycles. The van der Waals surface area contributed by atoms with Crippen LogP contribution in [0.2, 0.25) is 0 Å². The van der Waals surface area contributed by atoms with Crippen LogP contribution >= 0.6 is 31.9 Å². The van der Waals surface area contributed by atoms with E-state index >= 15 is 0 Å². The van der Waals surface area contributed by atoms with E-state index in [0.717, 1.165) is 26.1 Å². The third-order valence-electron chi connectivity index (χ3n) is 2.27. The number of rotatable bonds is 0. The maximum absolute atomic E-state index is 5.61. The van der Waals surface area contributed by atoms with Gasteiger partial charge in [-0.05, 0) is 12.8 Å². The molecule has 1 unspecified atom stereocenters. The van der Waals surface area contributed by atoms with Gasteiger partial charge in [0, 0.05) is 0 Å². The Labute approximate surface area is 82.9 Å². The second-order valence-corrected chi connectivity index (χ2v) is 5.14. The van der Waals surface area contributed by atoms with Crippen molar-refractivity contribution in [3.63, 3.8) is 0 Å². The molecule has 1 spiro atoms. The van der Waals surface area contributed by atoms with E-state index in [-0.39, 0.29) is 5.79 Å². The lowest BCUT2D eigenvalue weighted by Gasteiger charge is -2.28. The average molecular weight is 286 g/mol. The third-order valence-corrected chi connectivity index (χ3v) is 4.46. The molecule has 0 aromatic heterocycles. The van der Waals surface area contributed by atoms with Crippen LogP contribution < -0.4 is 0 Å². The van der Waals surface area contributed by atoms with Gasteiger partial charge in [-0.25, -0.2) is 0 Å². The summed E-state index contributed by atoms with van der Waals surface area (Å²) in [5.74, 6) is -0.361. The Morgan fingerprint density at radius 3 is 1.73 bits per heavy atom. The van der Waals surface area contributed by atoms with E-state index in [1.165, 1.54) is 0 Å². The molecular weight excluding hydrogens is 276 g/mol. The molecule has 0 amide bonds. The minimum absolute atomic E-state index is 0.349. The summed E-state index contributed by atoms with van der Waals surface area (Å²) < 4.78 is 11.2. The van der Waals surface area contributed by atoms with Gasteiger partial charge in [-0.3, -0.25) is 0 Å². The summed E-state index contributed by atoms with van der Waals surface area (Å²) in [4.78, 5) is 0.698. The lowest BCUT2D eigenvalue weighted by molar-refractivity contribution is -0.170. The molecule has 4 heteroatoms. The van der Waals surface area contributed by atoms with Gasteiger partial charge in [0.25, 0.3) is 0 Å². The van der Waals surface area contributed by atoms with Crippen molar-refractivity contribution in [1.82, 2.24) is 0 Å². The van der Waals surface area contributed by atoms with Crippen LogP contribution in [0.25, 0.3) is 0 Å². The van der Waals surface area contributed by atoms with Crippen LogP contribution in [-0.4, -0.2) is 28.7 Å². The van der Waals surface area contributed by atoms with Crippen molar-refractivity contribution in [2.75, 3.05) is 13.2 Å². The fourth-order valence-electron chi connectivity index (χ4n) is 1.65. The summed E-state index contributed by atoms with van der Waals surface area (Å²) in [6, 6.07) is 0. The minimum Gasteiger partial charge on any atom is -0.348 e. The molecule has 2 fully saturated rings. The predicted octanol–water partition coefficient (Wildman–Crippen LogP) is 2.05. The first kappa shape index (κ1) is 8.48. The van der Waals surface area contributed by atoms with Crippen molar-refractivity contribution in [2.45, 2.75) is 28.3 Å². The first-order valence-electron chi connectivity index (χ1n) is 3.82. The molecule has 2 aliphatic rings. The molecule has 0 saturated carbocycles. The number of alkyl halides is 2. The molecule has 11 heavy (non-hydrogen) atoms. The van der Waals surface area contributed by atoms with Crippen molar-refractivity contribution in [3.8, 4) is 0 Å². The zero-order chi connectivity index (χ0) is 7.90. The molecule has 2 aliphatic heterocycles. The number of hydrogen-bond acceptors (Lipinski definition) is 2. The van der Waals surface area contributed by atoms with Crippen molar-refractivity contribution in [2.24, 2.45) is 0 Å². The monoisotopic (exact) mass is 284 g/mol. The normalized spacial score (nSPS) is 50.7. The van der Waals surface area contributed by atoms with E-state index in [4.69, 9.17) is 9.47 Å². The molecule has 64 valence electrons. The molecule has 2 rings (SSSR count). The van der Waals surface area contributed by atoms with Gasteiger partial charge >= 0.3 is 0 Å². The van der Waals surface area contributed by atoms with Crippen LogP contribution in [-0.2, 0) is 9.47 Å². The van der Waals surface area contributed by atoms with Gasteiger partial charge < -0.3 is 9.47 Å². The van der Waals surface area contributed by atoms with Crippen LogP contribution in [0.1, 0.15) is 12.8 Å². The van der Waals surface area contributed by atoms with E-state index in [0.29, 0.717) is 9.65 Å². The van der Waals surface area contributed by atoms with E-state index < -0.39 is 0 Å². The van der Waals surface area contributed by atoms with E-state index in [2.05, 4.69) is 31.9 Å². The smallest absolute Gasteiger partial charge is 0.193 e. The molecule has 0 radical (unpaired) electrons. The lowest BCUT2D eigenvalue weighted by atomic mass is 10.1. The zero-order valence-electron chi connectivity index (χ0n) is 6.06. The lowest BCUT2D eigenvalue weighted by Crippen LogP contribution is -2.42. The number of halogens is 2. The average Bonchev–Trinajstić information content (AvgIpc) is 2.48. The molecule has 0 aromatic carbocycles. The molecule has 3 atom stereocenters. The SMILES string of the molecule is Br[C@@H]1CCOC12OCC[C@@H]2Br. The highest BCUT2D eigenvalue weighted by molar-refractivity contribution is 9.10. The van der Waals surface area contributed by atoms with E-state index in [9.17, 15) is 0 Å². The highest BCUT2D eigenvalue weighted by Crippen LogP contribution is 2.44. The van der Waals surface area contributed by atoms with Crippen molar-refractivity contribution < 1.29 is 9.47 Å². The van der Waals surface area contributed by atoms with E-state index in [1.807, 2.05) is 0 Å². The van der Waals surface area contributed by atoms with Crippen LogP contribution in [0.15, 0.2) is 0 Å². The van der Waals surface area contributed by atoms with Crippen molar-refractivity contribution in [1.29, 1.82) is 0 Å². The van der Waals surface area contributed by atoms with Gasteiger partial charge in [-0.1, -0.05) is 31.9 Å². The summed E-state index contributed by atoms with van der Waals surface area (Å²) >= 11 is 7.17. The molecule has 0 N–H and O–H groups in total. The highest BCUT2D eigenvalue weighted by Gasteiger charge is 2.52. The highest BCUT2D eigenvalue weighted by atomic mass is 79.9. The quantitative estimate of drug-likeness (QED) is 0.634. The number of ether oxygens (including phenoxy) is 2. The summed E-state index contributed by atoms with van der Waals surface area (Å²) in [5, 5.41) is 0.